The largest absolute Gasteiger partial charge is 0.393 e. The monoisotopic (exact) mass is 572 g/mol. The number of nitrogens with zero attached hydrogens (tertiary/aromatic N) is 2. The van der Waals surface area contributed by atoms with Crippen LogP contribution in [-0.2, 0) is 14.5 Å². The van der Waals surface area contributed by atoms with Gasteiger partial charge in [-0.05, 0) is 25.0 Å². The van der Waals surface area contributed by atoms with Gasteiger partial charge in [-0.15, -0.1) is 11.3 Å². The van der Waals surface area contributed by atoms with E-state index >= 15 is 0 Å². The average Bonchev–Trinajstić information content (AvgIpc) is 3.39. The predicted octanol–water partition coefficient (Wildman–Crippen LogP) is 2.93. The molecule has 4 rings (SSSR count). The molecule has 0 bridgehead atoms. The average molecular weight is 573 g/mol. The number of halogens is 2. The van der Waals surface area contributed by atoms with Gasteiger partial charge < -0.3 is 15.5 Å². The first kappa shape index (κ1) is 26.9. The van der Waals surface area contributed by atoms with E-state index < -0.39 is 34.2 Å². The Hall–Kier alpha value is -2.16. The van der Waals surface area contributed by atoms with Crippen molar-refractivity contribution in [2.24, 2.45) is 11.1 Å². The number of carbonyl (C=O) groups is 1. The molecular weight excluding hydrogens is 551 g/mol. The number of aliphatic hydroxyl groups is 2. The SMILES string of the molecule is NS(=O)(=O)OC[C@H]1C[C@@H](Nc2ncncc2C(=O)c2cc([C@@H](O)c3ccccc3Cl)c(Cl)s2)C[C@@H]1O. The third kappa shape index (κ3) is 6.21. The van der Waals surface area contributed by atoms with Crippen LogP contribution < -0.4 is 10.5 Å². The van der Waals surface area contributed by atoms with Gasteiger partial charge in [0.25, 0.3) is 0 Å². The van der Waals surface area contributed by atoms with E-state index in [-0.39, 0.29) is 39.7 Å². The number of thiophene rings is 1. The lowest BCUT2D eigenvalue weighted by molar-refractivity contribution is 0.101. The lowest BCUT2D eigenvalue weighted by Gasteiger charge is -2.15. The van der Waals surface area contributed by atoms with Gasteiger partial charge in [-0.25, -0.2) is 15.1 Å². The number of nitrogens with one attached hydrogen (secondary N) is 1. The van der Waals surface area contributed by atoms with Gasteiger partial charge in [-0.2, -0.15) is 8.42 Å². The molecule has 0 amide bonds. The molecule has 0 unspecified atom stereocenters. The zero-order valence-corrected chi connectivity index (χ0v) is 21.7. The van der Waals surface area contributed by atoms with Crippen LogP contribution in [-0.4, -0.2) is 53.1 Å². The Morgan fingerprint density at radius 3 is 2.75 bits per heavy atom. The van der Waals surface area contributed by atoms with Gasteiger partial charge in [0.2, 0.25) is 5.78 Å². The van der Waals surface area contributed by atoms with E-state index in [2.05, 4.69) is 19.5 Å². The first-order valence-electron chi connectivity index (χ1n) is 10.7. The van der Waals surface area contributed by atoms with Crippen molar-refractivity contribution >= 4 is 56.4 Å². The minimum absolute atomic E-state index is 0.174. The highest BCUT2D eigenvalue weighted by atomic mass is 35.5. The van der Waals surface area contributed by atoms with E-state index in [0.29, 0.717) is 22.6 Å². The maximum Gasteiger partial charge on any atom is 0.333 e. The van der Waals surface area contributed by atoms with E-state index in [9.17, 15) is 23.4 Å². The molecule has 0 radical (unpaired) electrons. The quantitative estimate of drug-likeness (QED) is 0.282. The number of carbonyl (C=O) groups excluding carboxylic acids is 1. The molecule has 192 valence electrons. The van der Waals surface area contributed by atoms with Gasteiger partial charge in [0.15, 0.2) is 0 Å². The van der Waals surface area contributed by atoms with Crippen LogP contribution in [0.25, 0.3) is 0 Å². The van der Waals surface area contributed by atoms with E-state index in [1.807, 2.05) is 0 Å². The molecule has 1 aliphatic rings. The molecule has 0 aliphatic heterocycles. The van der Waals surface area contributed by atoms with E-state index in [4.69, 9.17) is 28.3 Å². The molecular formula is C22H22Cl2N4O6S2. The molecule has 1 aliphatic carbocycles. The van der Waals surface area contributed by atoms with Crippen LogP contribution in [0.5, 0.6) is 0 Å². The van der Waals surface area contributed by atoms with Gasteiger partial charge in [-0.3, -0.25) is 8.98 Å². The molecule has 2 aromatic heterocycles. The van der Waals surface area contributed by atoms with Gasteiger partial charge >= 0.3 is 10.3 Å². The van der Waals surface area contributed by atoms with Crippen LogP contribution >= 0.6 is 34.5 Å². The van der Waals surface area contributed by atoms with Crippen molar-refractivity contribution in [2.45, 2.75) is 31.1 Å². The first-order chi connectivity index (χ1) is 17.0. The number of anilines is 1. The van der Waals surface area contributed by atoms with Crippen LogP contribution in [0.1, 0.15) is 45.3 Å². The number of aromatic nitrogens is 2. The maximum absolute atomic E-state index is 13.3. The molecule has 10 nitrogen and oxygen atoms in total. The van der Waals surface area contributed by atoms with Gasteiger partial charge in [-0.1, -0.05) is 41.4 Å². The van der Waals surface area contributed by atoms with Crippen LogP contribution in [0.15, 0.2) is 42.9 Å². The number of rotatable bonds is 9. The number of benzene rings is 1. The molecule has 3 aromatic rings. The fourth-order valence-electron chi connectivity index (χ4n) is 4.06. The standard InChI is InChI=1S/C22H22Cl2N4O6S2/c23-16-4-2-1-3-13(16)19(30)14-7-18(35-21(14)24)20(31)15-8-26-10-27-22(15)28-12-5-11(17(29)6-12)9-34-36(25,32)33/h1-4,7-8,10-12,17,19,29-30H,5-6,9H2,(H2,25,32,33)(H,26,27,28)/t11-,12-,17+,19+/m1/s1. The smallest absolute Gasteiger partial charge is 0.333 e. The minimum atomic E-state index is -4.12. The van der Waals surface area contributed by atoms with Crippen molar-refractivity contribution in [3.8, 4) is 0 Å². The number of nitrogens with two attached hydrogens (primary N) is 1. The molecule has 4 atom stereocenters. The second-order valence-corrected chi connectivity index (χ2v) is 11.6. The van der Waals surface area contributed by atoms with Crippen LogP contribution in [0, 0.1) is 5.92 Å². The van der Waals surface area contributed by atoms with E-state index in [1.165, 1.54) is 18.6 Å². The third-order valence-corrected chi connectivity index (χ3v) is 8.03. The minimum Gasteiger partial charge on any atom is -0.393 e. The van der Waals surface area contributed by atoms with Crippen LogP contribution in [0.3, 0.4) is 0 Å². The van der Waals surface area contributed by atoms with Crippen LogP contribution in [0.4, 0.5) is 5.82 Å². The summed E-state index contributed by atoms with van der Waals surface area (Å²) < 4.78 is 27.0. The number of ketones is 1. The summed E-state index contributed by atoms with van der Waals surface area (Å²) in [7, 11) is -4.12. The Kier molecular flexibility index (Phi) is 8.27. The summed E-state index contributed by atoms with van der Waals surface area (Å²) in [5, 5.41) is 29.5. The van der Waals surface area contributed by atoms with Crippen molar-refractivity contribution in [1.29, 1.82) is 0 Å². The summed E-state index contributed by atoms with van der Waals surface area (Å²) in [6.45, 7) is -0.252. The van der Waals surface area contributed by atoms with Crippen LogP contribution in [0.2, 0.25) is 9.36 Å². The summed E-state index contributed by atoms with van der Waals surface area (Å²) in [5.41, 5.74) is 0.984. The zero-order chi connectivity index (χ0) is 26.0. The Morgan fingerprint density at radius 2 is 2.03 bits per heavy atom. The Labute approximate surface area is 221 Å². The number of aliphatic hydroxyl groups excluding tert-OH is 2. The summed E-state index contributed by atoms with van der Waals surface area (Å²) >= 11 is 13.6. The maximum atomic E-state index is 13.3. The fourth-order valence-corrected chi connectivity index (χ4v) is 5.95. The summed E-state index contributed by atoms with van der Waals surface area (Å²) in [4.78, 5) is 21.8. The Morgan fingerprint density at radius 1 is 1.28 bits per heavy atom. The van der Waals surface area contributed by atoms with Crippen molar-refractivity contribution in [1.82, 2.24) is 9.97 Å². The highest BCUT2D eigenvalue weighted by Gasteiger charge is 2.35. The normalized spacial score (nSPS) is 20.9. The molecule has 1 aromatic carbocycles. The van der Waals surface area contributed by atoms with Gasteiger partial charge in [0, 0.05) is 34.3 Å². The molecule has 0 saturated heterocycles. The molecule has 1 fully saturated rings. The second-order valence-electron chi connectivity index (χ2n) is 8.30. The van der Waals surface area contributed by atoms with E-state index in [0.717, 1.165) is 11.3 Å². The van der Waals surface area contributed by atoms with Gasteiger partial charge in [0.1, 0.15) is 18.2 Å². The second kappa shape index (κ2) is 11.1. The lowest BCUT2D eigenvalue weighted by atomic mass is 10.0. The molecule has 2 heterocycles. The Bertz CT molecular complexity index is 1370. The predicted molar refractivity (Wildman–Crippen MR) is 136 cm³/mol. The molecule has 1 saturated carbocycles. The lowest BCUT2D eigenvalue weighted by Crippen LogP contribution is -2.24. The van der Waals surface area contributed by atoms with Crippen molar-refractivity contribution in [3.05, 3.63) is 73.8 Å². The fraction of sp³-hybridized carbons (Fsp3) is 0.318. The summed E-state index contributed by atoms with van der Waals surface area (Å²) in [6, 6.07) is 8.01. The highest BCUT2D eigenvalue weighted by molar-refractivity contribution is 7.84. The topological polar surface area (TPSA) is 165 Å². The third-order valence-electron chi connectivity index (χ3n) is 5.83. The first-order valence-corrected chi connectivity index (χ1v) is 13.8. The molecule has 36 heavy (non-hydrogen) atoms. The highest BCUT2D eigenvalue weighted by Crippen LogP contribution is 2.38. The molecule has 5 N–H and O–H groups in total. The number of hydrogen-bond acceptors (Lipinski definition) is 10. The summed E-state index contributed by atoms with van der Waals surface area (Å²) in [5.74, 6) is -0.625. The molecule has 0 spiro atoms. The van der Waals surface area contributed by atoms with Crippen molar-refractivity contribution < 1.29 is 27.6 Å². The van der Waals surface area contributed by atoms with E-state index in [1.54, 1.807) is 24.3 Å². The zero-order valence-electron chi connectivity index (χ0n) is 18.5. The summed E-state index contributed by atoms with van der Waals surface area (Å²) in [6.07, 6.45) is 1.35. The molecule has 14 heteroatoms. The van der Waals surface area contributed by atoms with Crippen molar-refractivity contribution in [3.63, 3.8) is 0 Å². The Balaban J connectivity index is 1.52. The van der Waals surface area contributed by atoms with Crippen molar-refractivity contribution in [2.75, 3.05) is 11.9 Å². The number of hydrogen-bond donors (Lipinski definition) is 4. The van der Waals surface area contributed by atoms with Gasteiger partial charge in [0.05, 0.1) is 27.5 Å².